The van der Waals surface area contributed by atoms with Crippen LogP contribution in [0, 0.1) is 0 Å². The van der Waals surface area contributed by atoms with Gasteiger partial charge in [-0.1, -0.05) is 18.2 Å². The molecule has 0 aliphatic carbocycles. The van der Waals surface area contributed by atoms with E-state index in [1.165, 1.54) is 0 Å². The summed E-state index contributed by atoms with van der Waals surface area (Å²) in [4.78, 5) is 23.9. The molecule has 180 valence electrons. The van der Waals surface area contributed by atoms with Crippen molar-refractivity contribution in [2.75, 3.05) is 67.1 Å². The molecular formula is C23H38IN5O3. The minimum absolute atomic E-state index is 0. The Hall–Kier alpha value is -1.59. The lowest BCUT2D eigenvalue weighted by molar-refractivity contribution is -0.142. The van der Waals surface area contributed by atoms with Crippen LogP contribution in [0.4, 0.5) is 0 Å². The van der Waals surface area contributed by atoms with Crippen LogP contribution in [-0.4, -0.2) is 99.8 Å². The molecule has 0 spiro atoms. The SMILES string of the molecule is CCNC(=NCC(c1ccccc1OC)N(C)C)N1CCN(C(=O)C2CCCO2)CC1.I. The molecule has 1 N–H and O–H groups in total. The molecule has 2 aliphatic rings. The number of halogens is 1. The molecule has 0 bridgehead atoms. The van der Waals surface area contributed by atoms with Crippen LogP contribution in [0.2, 0.25) is 0 Å². The lowest BCUT2D eigenvalue weighted by atomic mass is 10.0. The van der Waals surface area contributed by atoms with E-state index in [2.05, 4.69) is 42.2 Å². The third-order valence-corrected chi connectivity index (χ3v) is 5.97. The zero-order valence-corrected chi connectivity index (χ0v) is 22.1. The van der Waals surface area contributed by atoms with Crippen molar-refractivity contribution in [1.29, 1.82) is 0 Å². The molecule has 2 unspecified atom stereocenters. The highest BCUT2D eigenvalue weighted by Gasteiger charge is 2.31. The molecule has 2 aliphatic heterocycles. The van der Waals surface area contributed by atoms with E-state index in [0.717, 1.165) is 49.7 Å². The minimum Gasteiger partial charge on any atom is -0.496 e. The number of nitrogens with zero attached hydrogens (tertiary/aromatic N) is 4. The molecule has 2 saturated heterocycles. The fraction of sp³-hybridized carbons (Fsp3) is 0.652. The van der Waals surface area contributed by atoms with Gasteiger partial charge in [-0.15, -0.1) is 24.0 Å². The number of carbonyl (C=O) groups excluding carboxylic acids is 1. The summed E-state index contributed by atoms with van der Waals surface area (Å²) in [6.07, 6.45) is 1.58. The summed E-state index contributed by atoms with van der Waals surface area (Å²) in [6, 6.07) is 8.21. The van der Waals surface area contributed by atoms with Crippen molar-refractivity contribution in [2.45, 2.75) is 31.9 Å². The molecule has 0 aromatic heterocycles. The number of piperazine rings is 1. The summed E-state index contributed by atoms with van der Waals surface area (Å²) >= 11 is 0. The number of guanidine groups is 1. The monoisotopic (exact) mass is 559 g/mol. The molecule has 2 atom stereocenters. The Kier molecular flexibility index (Phi) is 11.0. The highest BCUT2D eigenvalue weighted by molar-refractivity contribution is 14.0. The number of aliphatic imine (C=N–C) groups is 1. The predicted octanol–water partition coefficient (Wildman–Crippen LogP) is 2.20. The van der Waals surface area contributed by atoms with Gasteiger partial charge >= 0.3 is 0 Å². The number of ether oxygens (including phenoxy) is 2. The smallest absolute Gasteiger partial charge is 0.251 e. The van der Waals surface area contributed by atoms with Crippen LogP contribution < -0.4 is 10.1 Å². The summed E-state index contributed by atoms with van der Waals surface area (Å²) < 4.78 is 11.1. The van der Waals surface area contributed by atoms with Crippen LogP contribution >= 0.6 is 24.0 Å². The number of nitrogens with one attached hydrogen (secondary N) is 1. The van der Waals surface area contributed by atoms with Crippen LogP contribution in [0.15, 0.2) is 29.3 Å². The fourth-order valence-corrected chi connectivity index (χ4v) is 4.19. The van der Waals surface area contributed by atoms with Gasteiger partial charge < -0.3 is 29.5 Å². The van der Waals surface area contributed by atoms with Crippen molar-refractivity contribution in [2.24, 2.45) is 4.99 Å². The highest BCUT2D eigenvalue weighted by Crippen LogP contribution is 2.28. The number of hydrogen-bond acceptors (Lipinski definition) is 5. The lowest BCUT2D eigenvalue weighted by Gasteiger charge is -2.37. The average molecular weight is 559 g/mol. The predicted molar refractivity (Wildman–Crippen MR) is 138 cm³/mol. The molecule has 9 heteroatoms. The molecule has 3 rings (SSSR count). The molecule has 2 heterocycles. The van der Waals surface area contributed by atoms with Crippen LogP contribution in [0.25, 0.3) is 0 Å². The van der Waals surface area contributed by atoms with E-state index in [0.29, 0.717) is 26.2 Å². The first kappa shape index (κ1) is 26.7. The number of para-hydroxylation sites is 1. The van der Waals surface area contributed by atoms with E-state index < -0.39 is 0 Å². The van der Waals surface area contributed by atoms with Gasteiger partial charge in [0.05, 0.1) is 19.7 Å². The van der Waals surface area contributed by atoms with Crippen LogP contribution in [0.3, 0.4) is 0 Å². The summed E-state index contributed by atoms with van der Waals surface area (Å²) in [5, 5.41) is 3.42. The van der Waals surface area contributed by atoms with Gasteiger partial charge in [-0.3, -0.25) is 9.79 Å². The van der Waals surface area contributed by atoms with Crippen molar-refractivity contribution in [3.8, 4) is 5.75 Å². The maximum Gasteiger partial charge on any atom is 0.251 e. The third kappa shape index (κ3) is 6.71. The second-order valence-corrected chi connectivity index (χ2v) is 8.23. The Balaban J connectivity index is 0.00000363. The number of hydrogen-bond donors (Lipinski definition) is 1. The first-order valence-corrected chi connectivity index (χ1v) is 11.3. The zero-order chi connectivity index (χ0) is 22.2. The van der Waals surface area contributed by atoms with Gasteiger partial charge in [0.1, 0.15) is 11.9 Å². The topological polar surface area (TPSA) is 69.6 Å². The summed E-state index contributed by atoms with van der Waals surface area (Å²) in [7, 11) is 5.83. The number of rotatable bonds is 7. The van der Waals surface area contributed by atoms with Crippen molar-refractivity contribution in [3.05, 3.63) is 29.8 Å². The quantitative estimate of drug-likeness (QED) is 0.314. The standard InChI is InChI=1S/C23H37N5O3.HI/c1-5-24-23(25-17-19(26(2)3)18-9-6-7-10-20(18)30-4)28-14-12-27(13-15-28)22(29)21-11-8-16-31-21;/h6-7,9-10,19,21H,5,8,11-17H2,1-4H3,(H,24,25);1H. The normalized spacial score (nSPS) is 20.2. The summed E-state index contributed by atoms with van der Waals surface area (Å²) in [5.74, 6) is 1.92. The summed E-state index contributed by atoms with van der Waals surface area (Å²) in [6.45, 7) is 7.14. The molecule has 0 saturated carbocycles. The van der Waals surface area contributed by atoms with Gasteiger partial charge in [0.25, 0.3) is 5.91 Å². The molecule has 32 heavy (non-hydrogen) atoms. The van der Waals surface area contributed by atoms with Crippen molar-refractivity contribution in [1.82, 2.24) is 20.0 Å². The second-order valence-electron chi connectivity index (χ2n) is 8.23. The molecule has 1 aromatic carbocycles. The van der Waals surface area contributed by atoms with Gasteiger partial charge in [-0.05, 0) is 39.9 Å². The summed E-state index contributed by atoms with van der Waals surface area (Å²) in [5.41, 5.74) is 1.13. The van der Waals surface area contributed by atoms with Crippen molar-refractivity contribution in [3.63, 3.8) is 0 Å². The Bertz CT molecular complexity index is 747. The van der Waals surface area contributed by atoms with Gasteiger partial charge in [0.15, 0.2) is 5.96 Å². The van der Waals surface area contributed by atoms with E-state index in [4.69, 9.17) is 14.5 Å². The Morgan fingerprint density at radius 3 is 2.53 bits per heavy atom. The number of likely N-dealkylation sites (N-methyl/N-ethyl adjacent to an activating group) is 1. The Morgan fingerprint density at radius 1 is 1.25 bits per heavy atom. The fourth-order valence-electron chi connectivity index (χ4n) is 4.19. The highest BCUT2D eigenvalue weighted by atomic mass is 127. The average Bonchev–Trinajstić information content (AvgIpc) is 3.33. The van der Waals surface area contributed by atoms with E-state index in [1.807, 2.05) is 23.1 Å². The first-order valence-electron chi connectivity index (χ1n) is 11.3. The molecule has 0 radical (unpaired) electrons. The van der Waals surface area contributed by atoms with Crippen LogP contribution in [-0.2, 0) is 9.53 Å². The van der Waals surface area contributed by atoms with Gasteiger partial charge in [-0.25, -0.2) is 0 Å². The van der Waals surface area contributed by atoms with E-state index >= 15 is 0 Å². The van der Waals surface area contributed by atoms with Crippen LogP contribution in [0.5, 0.6) is 5.75 Å². The molecule has 1 aromatic rings. The Labute approximate surface area is 209 Å². The molecule has 8 nitrogen and oxygen atoms in total. The lowest BCUT2D eigenvalue weighted by Crippen LogP contribution is -2.55. The number of carbonyl (C=O) groups is 1. The first-order chi connectivity index (χ1) is 15.0. The molecular weight excluding hydrogens is 521 g/mol. The van der Waals surface area contributed by atoms with E-state index in [-0.39, 0.29) is 42.0 Å². The van der Waals surface area contributed by atoms with E-state index in [1.54, 1.807) is 7.11 Å². The van der Waals surface area contributed by atoms with Gasteiger partial charge in [0, 0.05) is 44.9 Å². The van der Waals surface area contributed by atoms with Crippen LogP contribution in [0.1, 0.15) is 31.4 Å². The number of benzene rings is 1. The van der Waals surface area contributed by atoms with Gasteiger partial charge in [0.2, 0.25) is 0 Å². The van der Waals surface area contributed by atoms with Crippen molar-refractivity contribution < 1.29 is 14.3 Å². The second kappa shape index (κ2) is 13.2. The molecule has 1 amide bonds. The maximum atomic E-state index is 12.6. The van der Waals surface area contributed by atoms with Gasteiger partial charge in [-0.2, -0.15) is 0 Å². The van der Waals surface area contributed by atoms with Crippen molar-refractivity contribution >= 4 is 35.8 Å². The number of amides is 1. The zero-order valence-electron chi connectivity index (χ0n) is 19.7. The minimum atomic E-state index is -0.241. The molecule has 2 fully saturated rings. The Morgan fingerprint density at radius 2 is 1.94 bits per heavy atom. The number of methoxy groups -OCH3 is 1. The van der Waals surface area contributed by atoms with E-state index in [9.17, 15) is 4.79 Å². The maximum absolute atomic E-state index is 12.6. The third-order valence-electron chi connectivity index (χ3n) is 5.97. The largest absolute Gasteiger partial charge is 0.496 e.